The van der Waals surface area contributed by atoms with Crippen LogP contribution in [-0.2, 0) is 4.79 Å². The van der Waals surface area contributed by atoms with Crippen LogP contribution in [0.2, 0.25) is 0 Å². The average Bonchev–Trinajstić information content (AvgIpc) is 3.09. The number of nitrogens with one attached hydrogen (secondary N) is 1. The SMILES string of the molecule is O=C(COc1ccccc1O)Nc1ccccc1N1CCCC1. The highest BCUT2D eigenvalue weighted by Gasteiger charge is 2.16. The molecule has 2 aromatic rings. The summed E-state index contributed by atoms with van der Waals surface area (Å²) in [5.74, 6) is 0.0770. The van der Waals surface area contributed by atoms with E-state index in [2.05, 4.69) is 10.2 Å². The number of carbonyl (C=O) groups excluding carboxylic acids is 1. The average molecular weight is 312 g/mol. The van der Waals surface area contributed by atoms with Gasteiger partial charge >= 0.3 is 0 Å². The number of rotatable bonds is 5. The molecule has 5 heteroatoms. The quantitative estimate of drug-likeness (QED) is 0.891. The first-order chi connectivity index (χ1) is 11.2. The van der Waals surface area contributed by atoms with E-state index in [0.717, 1.165) is 24.5 Å². The van der Waals surface area contributed by atoms with E-state index in [0.29, 0.717) is 5.75 Å². The number of phenolic OH excluding ortho intramolecular Hbond substituents is 1. The maximum atomic E-state index is 12.1. The fraction of sp³-hybridized carbons (Fsp3) is 0.278. The zero-order chi connectivity index (χ0) is 16.1. The van der Waals surface area contributed by atoms with Gasteiger partial charge in [-0.3, -0.25) is 4.79 Å². The highest BCUT2D eigenvalue weighted by atomic mass is 16.5. The number of nitrogens with zero attached hydrogens (tertiary/aromatic N) is 1. The minimum Gasteiger partial charge on any atom is -0.504 e. The van der Waals surface area contributed by atoms with Gasteiger partial charge < -0.3 is 20.1 Å². The predicted molar refractivity (Wildman–Crippen MR) is 90.1 cm³/mol. The van der Waals surface area contributed by atoms with Crippen LogP contribution in [0, 0.1) is 0 Å². The highest BCUT2D eigenvalue weighted by molar-refractivity contribution is 5.95. The van der Waals surface area contributed by atoms with Crippen molar-refractivity contribution in [3.05, 3.63) is 48.5 Å². The van der Waals surface area contributed by atoms with Crippen molar-refractivity contribution in [3.8, 4) is 11.5 Å². The molecule has 0 saturated carbocycles. The van der Waals surface area contributed by atoms with Gasteiger partial charge in [0.2, 0.25) is 0 Å². The summed E-state index contributed by atoms with van der Waals surface area (Å²) in [6.07, 6.45) is 2.36. The first-order valence-electron chi connectivity index (χ1n) is 7.78. The Morgan fingerprint density at radius 3 is 2.57 bits per heavy atom. The van der Waals surface area contributed by atoms with E-state index in [1.165, 1.54) is 18.9 Å². The van der Waals surface area contributed by atoms with E-state index in [1.54, 1.807) is 18.2 Å². The molecular formula is C18H20N2O3. The summed E-state index contributed by atoms with van der Waals surface area (Å²) < 4.78 is 5.36. The van der Waals surface area contributed by atoms with E-state index < -0.39 is 0 Å². The van der Waals surface area contributed by atoms with Crippen LogP contribution in [0.25, 0.3) is 0 Å². The molecule has 0 aliphatic carbocycles. The second-order valence-corrected chi connectivity index (χ2v) is 5.52. The Bertz CT molecular complexity index is 681. The van der Waals surface area contributed by atoms with Crippen molar-refractivity contribution < 1.29 is 14.6 Å². The van der Waals surface area contributed by atoms with Gasteiger partial charge in [0, 0.05) is 13.1 Å². The Balaban J connectivity index is 1.63. The lowest BCUT2D eigenvalue weighted by Crippen LogP contribution is -2.24. The molecule has 2 aromatic carbocycles. The summed E-state index contributed by atoms with van der Waals surface area (Å²) in [6, 6.07) is 14.4. The zero-order valence-corrected chi connectivity index (χ0v) is 12.9. The van der Waals surface area contributed by atoms with Crippen LogP contribution < -0.4 is 15.0 Å². The van der Waals surface area contributed by atoms with Crippen molar-refractivity contribution >= 4 is 17.3 Å². The number of benzene rings is 2. The topological polar surface area (TPSA) is 61.8 Å². The molecule has 120 valence electrons. The standard InChI is InChI=1S/C18H20N2O3/c21-16-9-3-4-10-17(16)23-13-18(22)19-14-7-1-2-8-15(14)20-11-5-6-12-20/h1-4,7-10,21H,5-6,11-13H2,(H,19,22). The molecule has 23 heavy (non-hydrogen) atoms. The zero-order valence-electron chi connectivity index (χ0n) is 12.9. The van der Waals surface area contributed by atoms with Crippen LogP contribution in [0.3, 0.4) is 0 Å². The lowest BCUT2D eigenvalue weighted by Gasteiger charge is -2.21. The lowest BCUT2D eigenvalue weighted by atomic mass is 10.2. The molecule has 3 rings (SSSR count). The number of anilines is 2. The Morgan fingerprint density at radius 2 is 1.78 bits per heavy atom. The van der Waals surface area contributed by atoms with E-state index in [1.807, 2.05) is 24.3 Å². The van der Waals surface area contributed by atoms with Crippen molar-refractivity contribution in [2.24, 2.45) is 0 Å². The number of carbonyl (C=O) groups is 1. The largest absolute Gasteiger partial charge is 0.504 e. The van der Waals surface area contributed by atoms with Gasteiger partial charge in [0.05, 0.1) is 11.4 Å². The van der Waals surface area contributed by atoms with Crippen molar-refractivity contribution in [1.29, 1.82) is 0 Å². The van der Waals surface area contributed by atoms with Crippen LogP contribution >= 0.6 is 0 Å². The van der Waals surface area contributed by atoms with Crippen molar-refractivity contribution in [1.82, 2.24) is 0 Å². The first kappa shape index (κ1) is 15.2. The first-order valence-corrected chi connectivity index (χ1v) is 7.78. The predicted octanol–water partition coefficient (Wildman–Crippen LogP) is 3.01. The van der Waals surface area contributed by atoms with Crippen molar-refractivity contribution in [2.75, 3.05) is 29.9 Å². The molecule has 1 aliphatic heterocycles. The molecule has 0 unspecified atom stereocenters. The number of aromatic hydroxyl groups is 1. The molecule has 0 spiro atoms. The smallest absolute Gasteiger partial charge is 0.262 e. The molecule has 2 N–H and O–H groups in total. The summed E-state index contributed by atoms with van der Waals surface area (Å²) in [5.41, 5.74) is 1.83. The Kier molecular flexibility index (Phi) is 4.66. The van der Waals surface area contributed by atoms with Gasteiger partial charge in [0.15, 0.2) is 18.1 Å². The Hall–Kier alpha value is -2.69. The van der Waals surface area contributed by atoms with Gasteiger partial charge in [-0.25, -0.2) is 0 Å². The molecule has 1 saturated heterocycles. The molecule has 1 amide bonds. The summed E-state index contributed by atoms with van der Waals surface area (Å²) in [5, 5.41) is 12.5. The second-order valence-electron chi connectivity index (χ2n) is 5.52. The molecule has 0 aromatic heterocycles. The fourth-order valence-electron chi connectivity index (χ4n) is 2.72. The molecule has 1 heterocycles. The van der Waals surface area contributed by atoms with Gasteiger partial charge in [0.25, 0.3) is 5.91 Å². The van der Waals surface area contributed by atoms with Gasteiger partial charge in [-0.1, -0.05) is 24.3 Å². The molecule has 1 fully saturated rings. The van der Waals surface area contributed by atoms with Crippen molar-refractivity contribution in [2.45, 2.75) is 12.8 Å². The number of hydrogen-bond donors (Lipinski definition) is 2. The summed E-state index contributed by atoms with van der Waals surface area (Å²) in [6.45, 7) is 1.88. The third-order valence-electron chi connectivity index (χ3n) is 3.85. The molecular weight excluding hydrogens is 292 g/mol. The molecule has 1 aliphatic rings. The number of phenols is 1. The van der Waals surface area contributed by atoms with Gasteiger partial charge in [0.1, 0.15) is 0 Å². The maximum Gasteiger partial charge on any atom is 0.262 e. The Labute approximate surface area is 135 Å². The van der Waals surface area contributed by atoms with Crippen LogP contribution in [-0.4, -0.2) is 30.7 Å². The number of amides is 1. The van der Waals surface area contributed by atoms with Crippen LogP contribution in [0.1, 0.15) is 12.8 Å². The van der Waals surface area contributed by atoms with E-state index in [-0.39, 0.29) is 18.3 Å². The van der Waals surface area contributed by atoms with Crippen LogP contribution in [0.15, 0.2) is 48.5 Å². The van der Waals surface area contributed by atoms with E-state index in [4.69, 9.17) is 4.74 Å². The third-order valence-corrected chi connectivity index (χ3v) is 3.85. The summed E-state index contributed by atoms with van der Waals surface area (Å²) >= 11 is 0. The lowest BCUT2D eigenvalue weighted by molar-refractivity contribution is -0.118. The minimum atomic E-state index is -0.250. The summed E-state index contributed by atoms with van der Waals surface area (Å²) in [7, 11) is 0. The van der Waals surface area contributed by atoms with Crippen LogP contribution in [0.4, 0.5) is 11.4 Å². The molecule has 0 radical (unpaired) electrons. The number of para-hydroxylation sites is 4. The Morgan fingerprint density at radius 1 is 1.09 bits per heavy atom. The normalized spacial score (nSPS) is 13.8. The van der Waals surface area contributed by atoms with Crippen LogP contribution in [0.5, 0.6) is 11.5 Å². The third kappa shape index (κ3) is 3.74. The van der Waals surface area contributed by atoms with Gasteiger partial charge in [-0.15, -0.1) is 0 Å². The minimum absolute atomic E-state index is 0.0257. The van der Waals surface area contributed by atoms with Gasteiger partial charge in [-0.2, -0.15) is 0 Å². The summed E-state index contributed by atoms with van der Waals surface area (Å²) in [4.78, 5) is 14.4. The maximum absolute atomic E-state index is 12.1. The second kappa shape index (κ2) is 7.05. The van der Waals surface area contributed by atoms with Crippen molar-refractivity contribution in [3.63, 3.8) is 0 Å². The number of ether oxygens (including phenoxy) is 1. The molecule has 0 atom stereocenters. The van der Waals surface area contributed by atoms with E-state index in [9.17, 15) is 9.90 Å². The van der Waals surface area contributed by atoms with Gasteiger partial charge in [-0.05, 0) is 37.1 Å². The fourth-order valence-corrected chi connectivity index (χ4v) is 2.72. The molecule has 0 bridgehead atoms. The number of hydrogen-bond acceptors (Lipinski definition) is 4. The molecule has 5 nitrogen and oxygen atoms in total. The highest BCUT2D eigenvalue weighted by Crippen LogP contribution is 2.29. The monoisotopic (exact) mass is 312 g/mol. The van der Waals surface area contributed by atoms with E-state index >= 15 is 0 Å².